The molecule has 0 fully saturated rings. The minimum Gasteiger partial charge on any atom is -0.497 e. The van der Waals surface area contributed by atoms with E-state index in [-0.39, 0.29) is 29.0 Å². The summed E-state index contributed by atoms with van der Waals surface area (Å²) in [6.45, 7) is 5.23. The molecule has 0 saturated heterocycles. The van der Waals surface area contributed by atoms with Gasteiger partial charge in [0.15, 0.2) is 0 Å². The first-order chi connectivity index (χ1) is 18.9. The first kappa shape index (κ1) is 30.9. The third-order valence-corrected chi connectivity index (χ3v) is 8.20. The molecule has 1 atom stereocenters. The molecule has 1 N–H and O–H groups in total. The van der Waals surface area contributed by atoms with Crippen molar-refractivity contribution < 1.29 is 27.1 Å². The first-order valence-electron chi connectivity index (χ1n) is 12.7. The fourth-order valence-corrected chi connectivity index (χ4v) is 5.37. The lowest BCUT2D eigenvalue weighted by atomic mass is 10.1. The average molecular weight is 590 g/mol. The van der Waals surface area contributed by atoms with Gasteiger partial charge in [0.1, 0.15) is 24.2 Å². The zero-order chi connectivity index (χ0) is 29.4. The van der Waals surface area contributed by atoms with Crippen molar-refractivity contribution in [2.75, 3.05) is 24.5 Å². The Morgan fingerprint density at radius 2 is 1.55 bits per heavy atom. The van der Waals surface area contributed by atoms with Crippen molar-refractivity contribution in [3.8, 4) is 5.75 Å². The highest BCUT2D eigenvalue weighted by Gasteiger charge is 2.32. The average Bonchev–Trinajstić information content (AvgIpc) is 2.94. The summed E-state index contributed by atoms with van der Waals surface area (Å²) in [6, 6.07) is 16.5. The minimum atomic E-state index is -4.23. The normalized spacial score (nSPS) is 12.1. The van der Waals surface area contributed by atoms with Crippen LogP contribution in [0.5, 0.6) is 5.75 Å². The molecular formula is C29H33ClFN3O5S. The summed E-state index contributed by atoms with van der Waals surface area (Å²) in [6.07, 6.45) is 0. The Morgan fingerprint density at radius 3 is 2.10 bits per heavy atom. The molecule has 0 unspecified atom stereocenters. The molecular weight excluding hydrogens is 557 g/mol. The van der Waals surface area contributed by atoms with Crippen molar-refractivity contribution in [2.24, 2.45) is 5.92 Å². The maximum Gasteiger partial charge on any atom is 0.264 e. The van der Waals surface area contributed by atoms with E-state index in [1.165, 1.54) is 84.8 Å². The first-order valence-corrected chi connectivity index (χ1v) is 14.5. The van der Waals surface area contributed by atoms with Gasteiger partial charge >= 0.3 is 0 Å². The molecule has 0 saturated carbocycles. The number of methoxy groups -OCH3 is 1. The fourth-order valence-electron chi connectivity index (χ4n) is 3.83. The van der Waals surface area contributed by atoms with Crippen LogP contribution in [0.4, 0.5) is 10.1 Å². The van der Waals surface area contributed by atoms with Crippen molar-refractivity contribution in [3.63, 3.8) is 0 Å². The summed E-state index contributed by atoms with van der Waals surface area (Å²) in [5, 5.41) is 3.21. The SMILES string of the molecule is COc1ccc(S(=O)(=O)N(CC(=O)N(Cc2ccc(F)cc2)[C@H](C)C(=O)NCC(C)C)c2ccc(Cl)cc2)cc1. The standard InChI is InChI=1S/C29H33ClFN3O5S/c1-20(2)17-32-29(36)21(3)33(18-22-5-9-24(31)10-6-22)28(35)19-34(25-11-7-23(30)8-12-25)40(37,38)27-15-13-26(39-4)14-16-27/h5-16,20-21H,17-19H2,1-4H3,(H,32,36)/t21-/m1/s1. The van der Waals surface area contributed by atoms with Gasteiger partial charge in [0, 0.05) is 18.1 Å². The van der Waals surface area contributed by atoms with Crippen LogP contribution in [0.1, 0.15) is 26.3 Å². The highest BCUT2D eigenvalue weighted by Crippen LogP contribution is 2.27. The Kier molecular flexibility index (Phi) is 10.5. The number of anilines is 1. The highest BCUT2D eigenvalue weighted by molar-refractivity contribution is 7.92. The Morgan fingerprint density at radius 1 is 0.950 bits per heavy atom. The molecule has 3 rings (SSSR count). The number of nitrogens with one attached hydrogen (secondary N) is 1. The number of amides is 2. The van der Waals surface area contributed by atoms with Crippen LogP contribution in [0.25, 0.3) is 0 Å². The predicted octanol–water partition coefficient (Wildman–Crippen LogP) is 4.87. The van der Waals surface area contributed by atoms with Crippen LogP contribution in [0.15, 0.2) is 77.7 Å². The van der Waals surface area contributed by atoms with Crippen molar-refractivity contribution in [1.29, 1.82) is 0 Å². The number of benzene rings is 3. The summed E-state index contributed by atoms with van der Waals surface area (Å²) in [4.78, 5) is 28.1. The van der Waals surface area contributed by atoms with Gasteiger partial charge in [-0.05, 0) is 79.1 Å². The number of halogens is 2. The van der Waals surface area contributed by atoms with E-state index in [2.05, 4.69) is 5.32 Å². The lowest BCUT2D eigenvalue weighted by Gasteiger charge is -2.32. The second-order valence-corrected chi connectivity index (χ2v) is 11.9. The molecule has 3 aromatic rings. The summed E-state index contributed by atoms with van der Waals surface area (Å²) in [5.41, 5.74) is 0.793. The topological polar surface area (TPSA) is 96.0 Å². The van der Waals surface area contributed by atoms with Crippen molar-refractivity contribution in [2.45, 2.75) is 38.3 Å². The number of carbonyl (C=O) groups is 2. The zero-order valence-corrected chi connectivity index (χ0v) is 24.4. The second kappa shape index (κ2) is 13.6. The van der Waals surface area contributed by atoms with Gasteiger partial charge in [0.25, 0.3) is 10.0 Å². The maximum absolute atomic E-state index is 13.8. The molecule has 0 aliphatic heterocycles. The number of nitrogens with zero attached hydrogens (tertiary/aromatic N) is 2. The number of rotatable bonds is 12. The van der Waals surface area contributed by atoms with E-state index in [4.69, 9.17) is 16.3 Å². The Labute approximate surface area is 239 Å². The van der Waals surface area contributed by atoms with E-state index >= 15 is 0 Å². The third-order valence-electron chi connectivity index (χ3n) is 6.16. The van der Waals surface area contributed by atoms with Crippen LogP contribution in [0.2, 0.25) is 5.02 Å². The van der Waals surface area contributed by atoms with Crippen molar-refractivity contribution in [1.82, 2.24) is 10.2 Å². The van der Waals surface area contributed by atoms with Crippen LogP contribution in [0.3, 0.4) is 0 Å². The Bertz CT molecular complexity index is 1400. The number of ether oxygens (including phenoxy) is 1. The second-order valence-electron chi connectivity index (χ2n) is 9.63. The van der Waals surface area contributed by atoms with Gasteiger partial charge < -0.3 is 15.0 Å². The fraction of sp³-hybridized carbons (Fsp3) is 0.310. The van der Waals surface area contributed by atoms with E-state index in [1.807, 2.05) is 13.8 Å². The molecule has 0 radical (unpaired) electrons. The van der Waals surface area contributed by atoms with E-state index in [0.29, 0.717) is 22.9 Å². The van der Waals surface area contributed by atoms with Gasteiger partial charge in [-0.15, -0.1) is 0 Å². The largest absolute Gasteiger partial charge is 0.497 e. The van der Waals surface area contributed by atoms with E-state index < -0.39 is 34.3 Å². The van der Waals surface area contributed by atoms with Gasteiger partial charge in [-0.3, -0.25) is 13.9 Å². The maximum atomic E-state index is 13.8. The molecule has 0 heterocycles. The molecule has 214 valence electrons. The summed E-state index contributed by atoms with van der Waals surface area (Å²) in [5.74, 6) is -0.792. The molecule has 11 heteroatoms. The van der Waals surface area contributed by atoms with Crippen molar-refractivity contribution in [3.05, 3.63) is 89.2 Å². The van der Waals surface area contributed by atoms with E-state index in [0.717, 1.165) is 4.31 Å². The number of sulfonamides is 1. The van der Waals surface area contributed by atoms with Gasteiger partial charge in [0.05, 0.1) is 17.7 Å². The quantitative estimate of drug-likeness (QED) is 0.325. The number of hydrogen-bond acceptors (Lipinski definition) is 5. The zero-order valence-electron chi connectivity index (χ0n) is 22.8. The molecule has 40 heavy (non-hydrogen) atoms. The van der Waals surface area contributed by atoms with Gasteiger partial charge in [-0.1, -0.05) is 37.6 Å². The monoisotopic (exact) mass is 589 g/mol. The lowest BCUT2D eigenvalue weighted by Crippen LogP contribution is -2.51. The van der Waals surface area contributed by atoms with Crippen LogP contribution in [-0.4, -0.2) is 51.4 Å². The molecule has 8 nitrogen and oxygen atoms in total. The molecule has 0 aliphatic carbocycles. The Hall–Kier alpha value is -3.63. The molecule has 0 bridgehead atoms. The third kappa shape index (κ3) is 7.95. The van der Waals surface area contributed by atoms with Crippen LogP contribution in [-0.2, 0) is 26.2 Å². The molecule has 0 spiro atoms. The minimum absolute atomic E-state index is 0.0353. The summed E-state index contributed by atoms with van der Waals surface area (Å²) in [7, 11) is -2.76. The summed E-state index contributed by atoms with van der Waals surface area (Å²) >= 11 is 6.04. The molecule has 2 amide bonds. The van der Waals surface area contributed by atoms with Gasteiger partial charge in [-0.25, -0.2) is 12.8 Å². The molecule has 0 aromatic heterocycles. The van der Waals surface area contributed by atoms with Crippen molar-refractivity contribution >= 4 is 39.1 Å². The van der Waals surface area contributed by atoms with E-state index in [9.17, 15) is 22.4 Å². The van der Waals surface area contributed by atoms with E-state index in [1.54, 1.807) is 6.92 Å². The van der Waals surface area contributed by atoms with Gasteiger partial charge in [0.2, 0.25) is 11.8 Å². The predicted molar refractivity (Wildman–Crippen MR) is 153 cm³/mol. The van der Waals surface area contributed by atoms with Gasteiger partial charge in [-0.2, -0.15) is 0 Å². The van der Waals surface area contributed by atoms with Crippen LogP contribution in [0, 0.1) is 11.7 Å². The lowest BCUT2D eigenvalue weighted by molar-refractivity contribution is -0.139. The number of hydrogen-bond donors (Lipinski definition) is 1. The smallest absolute Gasteiger partial charge is 0.264 e. The Balaban J connectivity index is 2.00. The van der Waals surface area contributed by atoms with Crippen LogP contribution < -0.4 is 14.4 Å². The number of carbonyl (C=O) groups excluding carboxylic acids is 2. The highest BCUT2D eigenvalue weighted by atomic mass is 35.5. The summed E-state index contributed by atoms with van der Waals surface area (Å²) < 4.78 is 47.3. The molecule has 3 aromatic carbocycles. The van der Waals surface area contributed by atoms with Crippen LogP contribution >= 0.6 is 11.6 Å². The molecule has 0 aliphatic rings.